The van der Waals surface area contributed by atoms with Gasteiger partial charge in [-0.15, -0.1) is 0 Å². The molecule has 0 spiro atoms. The lowest BCUT2D eigenvalue weighted by Gasteiger charge is -2.60. The van der Waals surface area contributed by atoms with E-state index in [2.05, 4.69) is 19.9 Å². The molecule has 0 bridgehead atoms. The minimum atomic E-state index is -0.0593. The van der Waals surface area contributed by atoms with Gasteiger partial charge in [-0.05, 0) is 98.4 Å². The first-order chi connectivity index (χ1) is 10.9. The number of hydrogen-bond acceptors (Lipinski definition) is 2. The Morgan fingerprint density at radius 1 is 1.13 bits per heavy atom. The molecule has 4 rings (SSSR count). The first-order valence-corrected chi connectivity index (χ1v) is 9.76. The SMILES string of the molecule is CC(=O)C1=CC[C@H]2C3CC[C@H]4C[C@@H](O)CCC4(C)[C@H]3CCC12C. The molecule has 0 aromatic rings. The number of ketones is 1. The van der Waals surface area contributed by atoms with Gasteiger partial charge < -0.3 is 5.11 Å². The lowest BCUT2D eigenvalue weighted by molar-refractivity contribution is -0.124. The topological polar surface area (TPSA) is 37.3 Å². The van der Waals surface area contributed by atoms with Gasteiger partial charge in [-0.3, -0.25) is 4.79 Å². The van der Waals surface area contributed by atoms with Crippen LogP contribution in [0.1, 0.15) is 72.1 Å². The van der Waals surface area contributed by atoms with Crippen LogP contribution in [0, 0.1) is 34.5 Å². The lowest BCUT2D eigenvalue weighted by atomic mass is 9.44. The van der Waals surface area contributed by atoms with Crippen LogP contribution in [0.25, 0.3) is 0 Å². The van der Waals surface area contributed by atoms with Crippen molar-refractivity contribution in [3.8, 4) is 0 Å². The fourth-order valence-corrected chi connectivity index (χ4v) is 7.35. The number of rotatable bonds is 1. The number of hydrogen-bond donors (Lipinski definition) is 1. The number of aliphatic hydroxyl groups is 1. The van der Waals surface area contributed by atoms with Gasteiger partial charge in [0.15, 0.2) is 5.78 Å². The molecular formula is C21H32O2. The number of carbonyl (C=O) groups is 1. The van der Waals surface area contributed by atoms with Crippen LogP contribution < -0.4 is 0 Å². The van der Waals surface area contributed by atoms with Crippen molar-refractivity contribution in [3.05, 3.63) is 11.6 Å². The van der Waals surface area contributed by atoms with E-state index in [1.54, 1.807) is 6.92 Å². The standard InChI is InChI=1S/C21H32O2/c1-13(22)17-6-7-18-16-5-4-14-12-15(23)8-10-20(14,2)19(16)9-11-21(17,18)3/h6,14-16,18-19,23H,4-5,7-12H2,1-3H3/t14-,15-,16?,18-,19-,20?,21?/m0/s1. The Morgan fingerprint density at radius 2 is 1.91 bits per heavy atom. The van der Waals surface area contributed by atoms with Crippen LogP contribution in [0.5, 0.6) is 0 Å². The van der Waals surface area contributed by atoms with Gasteiger partial charge >= 0.3 is 0 Å². The molecule has 0 aromatic heterocycles. The highest BCUT2D eigenvalue weighted by molar-refractivity contribution is 5.95. The summed E-state index contributed by atoms with van der Waals surface area (Å²) >= 11 is 0. The highest BCUT2D eigenvalue weighted by atomic mass is 16.3. The number of aliphatic hydroxyl groups excluding tert-OH is 1. The number of Topliss-reactive ketones (excluding diaryl/α,β-unsaturated/α-hetero) is 1. The Morgan fingerprint density at radius 3 is 2.65 bits per heavy atom. The predicted octanol–water partition coefficient (Wildman–Crippen LogP) is 4.52. The molecule has 0 amide bonds. The highest BCUT2D eigenvalue weighted by Gasteiger charge is 2.58. The molecule has 0 radical (unpaired) electrons. The zero-order valence-electron chi connectivity index (χ0n) is 15.0. The van der Waals surface area contributed by atoms with Crippen molar-refractivity contribution in [3.63, 3.8) is 0 Å². The van der Waals surface area contributed by atoms with Crippen molar-refractivity contribution in [1.82, 2.24) is 0 Å². The number of fused-ring (bicyclic) bond motifs is 5. The number of allylic oxidation sites excluding steroid dienone is 2. The van der Waals surface area contributed by atoms with Gasteiger partial charge in [-0.25, -0.2) is 0 Å². The minimum absolute atomic E-state index is 0.0593. The summed E-state index contributed by atoms with van der Waals surface area (Å²) in [6.07, 6.45) is 11.6. The molecule has 128 valence electrons. The second kappa shape index (κ2) is 5.18. The summed E-state index contributed by atoms with van der Waals surface area (Å²) in [4.78, 5) is 12.1. The van der Waals surface area contributed by atoms with Crippen LogP contribution in [-0.2, 0) is 4.79 Å². The number of carbonyl (C=O) groups excluding carboxylic acids is 1. The fourth-order valence-electron chi connectivity index (χ4n) is 7.35. The molecule has 23 heavy (non-hydrogen) atoms. The first-order valence-electron chi connectivity index (χ1n) is 9.76. The Balaban J connectivity index is 1.62. The van der Waals surface area contributed by atoms with Gasteiger partial charge in [0.05, 0.1) is 6.10 Å². The molecule has 3 fully saturated rings. The van der Waals surface area contributed by atoms with Gasteiger partial charge in [0.25, 0.3) is 0 Å². The molecule has 0 aliphatic heterocycles. The molecule has 2 heteroatoms. The van der Waals surface area contributed by atoms with Crippen LogP contribution in [0.15, 0.2) is 11.6 Å². The third-order valence-electron chi connectivity index (χ3n) is 8.60. The maximum atomic E-state index is 12.1. The van der Waals surface area contributed by atoms with Crippen LogP contribution >= 0.6 is 0 Å². The molecule has 0 saturated heterocycles. The third kappa shape index (κ3) is 2.13. The zero-order chi connectivity index (χ0) is 16.4. The molecule has 3 unspecified atom stereocenters. The lowest BCUT2D eigenvalue weighted by Crippen LogP contribution is -2.53. The second-order valence-electron chi connectivity index (χ2n) is 9.45. The summed E-state index contributed by atoms with van der Waals surface area (Å²) in [6, 6.07) is 0. The first kappa shape index (κ1) is 15.9. The molecule has 7 atom stereocenters. The molecule has 1 N–H and O–H groups in total. The van der Waals surface area contributed by atoms with Crippen LogP contribution in [0.4, 0.5) is 0 Å². The largest absolute Gasteiger partial charge is 0.393 e. The van der Waals surface area contributed by atoms with E-state index in [4.69, 9.17) is 0 Å². The minimum Gasteiger partial charge on any atom is -0.393 e. The smallest absolute Gasteiger partial charge is 0.156 e. The molecule has 4 aliphatic rings. The maximum absolute atomic E-state index is 12.1. The normalized spacial score (nSPS) is 52.2. The maximum Gasteiger partial charge on any atom is 0.156 e. The third-order valence-corrected chi connectivity index (χ3v) is 8.60. The van der Waals surface area contributed by atoms with Crippen LogP contribution in [-0.4, -0.2) is 17.0 Å². The van der Waals surface area contributed by atoms with Crippen molar-refractivity contribution in [2.75, 3.05) is 0 Å². The molecule has 4 aliphatic carbocycles. The van der Waals surface area contributed by atoms with Crippen molar-refractivity contribution in [2.45, 2.75) is 78.2 Å². The van der Waals surface area contributed by atoms with E-state index >= 15 is 0 Å². The Bertz CT molecular complexity index is 550. The van der Waals surface area contributed by atoms with Crippen molar-refractivity contribution in [2.24, 2.45) is 34.5 Å². The predicted molar refractivity (Wildman–Crippen MR) is 91.9 cm³/mol. The summed E-state index contributed by atoms with van der Waals surface area (Å²) in [5.74, 6) is 3.31. The van der Waals surface area contributed by atoms with E-state index in [9.17, 15) is 9.90 Å². The summed E-state index contributed by atoms with van der Waals surface area (Å²) in [7, 11) is 0. The Labute approximate surface area is 140 Å². The van der Waals surface area contributed by atoms with E-state index in [0.29, 0.717) is 17.1 Å². The van der Waals surface area contributed by atoms with E-state index in [-0.39, 0.29) is 11.5 Å². The molecule has 3 saturated carbocycles. The summed E-state index contributed by atoms with van der Waals surface area (Å²) < 4.78 is 0. The van der Waals surface area contributed by atoms with Crippen LogP contribution in [0.2, 0.25) is 0 Å². The highest BCUT2D eigenvalue weighted by Crippen LogP contribution is 2.66. The zero-order valence-corrected chi connectivity index (χ0v) is 15.0. The van der Waals surface area contributed by atoms with Gasteiger partial charge in [-0.2, -0.15) is 0 Å². The molecule has 0 aromatic carbocycles. The van der Waals surface area contributed by atoms with E-state index < -0.39 is 0 Å². The Kier molecular flexibility index (Phi) is 3.58. The summed E-state index contributed by atoms with van der Waals surface area (Å²) in [5.41, 5.74) is 1.71. The monoisotopic (exact) mass is 316 g/mol. The van der Waals surface area contributed by atoms with E-state index in [1.807, 2.05) is 0 Å². The average molecular weight is 316 g/mol. The fraction of sp³-hybridized carbons (Fsp3) is 0.857. The van der Waals surface area contributed by atoms with Crippen molar-refractivity contribution < 1.29 is 9.90 Å². The molecular weight excluding hydrogens is 284 g/mol. The summed E-state index contributed by atoms with van der Waals surface area (Å²) in [5, 5.41) is 10.1. The van der Waals surface area contributed by atoms with Gasteiger partial charge in [0, 0.05) is 0 Å². The van der Waals surface area contributed by atoms with Gasteiger partial charge in [0.1, 0.15) is 0 Å². The average Bonchev–Trinajstić information content (AvgIpc) is 2.85. The quantitative estimate of drug-likeness (QED) is 0.772. The van der Waals surface area contributed by atoms with E-state index in [0.717, 1.165) is 42.6 Å². The van der Waals surface area contributed by atoms with Crippen molar-refractivity contribution >= 4 is 5.78 Å². The van der Waals surface area contributed by atoms with E-state index in [1.165, 1.54) is 32.1 Å². The Hall–Kier alpha value is -0.630. The van der Waals surface area contributed by atoms with Crippen molar-refractivity contribution in [1.29, 1.82) is 0 Å². The van der Waals surface area contributed by atoms with Gasteiger partial charge in [-0.1, -0.05) is 19.9 Å². The molecule has 2 nitrogen and oxygen atoms in total. The second-order valence-corrected chi connectivity index (χ2v) is 9.45. The molecule has 0 heterocycles. The van der Waals surface area contributed by atoms with Crippen LogP contribution in [0.3, 0.4) is 0 Å². The summed E-state index contributed by atoms with van der Waals surface area (Å²) in [6.45, 7) is 6.65. The van der Waals surface area contributed by atoms with Gasteiger partial charge in [0.2, 0.25) is 0 Å².